The molecule has 0 aromatic heterocycles. The Kier molecular flexibility index (Phi) is 5.00. The zero-order valence-corrected chi connectivity index (χ0v) is 12.1. The summed E-state index contributed by atoms with van der Waals surface area (Å²) in [7, 11) is -3.01. The van der Waals surface area contributed by atoms with Gasteiger partial charge in [0.15, 0.2) is 0 Å². The number of nitrogens with one attached hydrogen (secondary N) is 1. The van der Waals surface area contributed by atoms with Crippen LogP contribution in [0.3, 0.4) is 0 Å². The number of nitrogens with zero attached hydrogens (tertiary/aromatic N) is 2. The number of sulfonamides is 1. The Balaban J connectivity index is 1.81. The van der Waals surface area contributed by atoms with Crippen LogP contribution in [0.25, 0.3) is 0 Å². The third kappa shape index (κ3) is 4.19. The maximum atomic E-state index is 11.5. The van der Waals surface area contributed by atoms with Gasteiger partial charge in [-0.25, -0.2) is 12.7 Å². The second-order valence-electron chi connectivity index (χ2n) is 5.51. The van der Waals surface area contributed by atoms with Gasteiger partial charge in [-0.3, -0.25) is 0 Å². The van der Waals surface area contributed by atoms with Crippen LogP contribution in [-0.4, -0.2) is 69.7 Å². The maximum absolute atomic E-state index is 11.5. The van der Waals surface area contributed by atoms with Gasteiger partial charge >= 0.3 is 0 Å². The minimum Gasteiger partial charge on any atom is -0.317 e. The lowest BCUT2D eigenvalue weighted by Crippen LogP contribution is -2.38. The van der Waals surface area contributed by atoms with E-state index in [1.807, 2.05) is 0 Å². The Morgan fingerprint density at radius 1 is 1.11 bits per heavy atom. The lowest BCUT2D eigenvalue weighted by Gasteiger charge is -2.29. The highest BCUT2D eigenvalue weighted by Gasteiger charge is 2.23. The molecule has 6 heteroatoms. The molecule has 2 aliphatic rings. The van der Waals surface area contributed by atoms with E-state index in [0.717, 1.165) is 45.1 Å². The van der Waals surface area contributed by atoms with Crippen LogP contribution in [-0.2, 0) is 10.0 Å². The molecule has 106 valence electrons. The molecule has 0 saturated carbocycles. The summed E-state index contributed by atoms with van der Waals surface area (Å²) in [4.78, 5) is 2.45. The zero-order valence-electron chi connectivity index (χ0n) is 11.3. The van der Waals surface area contributed by atoms with Crippen LogP contribution < -0.4 is 5.32 Å². The third-order valence-corrected chi connectivity index (χ3v) is 5.29. The molecule has 0 unspecified atom stereocenters. The normalized spacial score (nSPS) is 26.1. The SMILES string of the molecule is CS(=O)(=O)N1CCCN(CC2CCNCC2)CC1. The molecule has 2 heterocycles. The molecule has 0 aromatic carbocycles. The van der Waals surface area contributed by atoms with Crippen molar-refractivity contribution in [1.82, 2.24) is 14.5 Å². The van der Waals surface area contributed by atoms with Gasteiger partial charge in [0.25, 0.3) is 0 Å². The van der Waals surface area contributed by atoms with Crippen LogP contribution in [0, 0.1) is 5.92 Å². The number of piperidine rings is 1. The molecule has 1 N–H and O–H groups in total. The van der Waals surface area contributed by atoms with Crippen molar-refractivity contribution in [2.24, 2.45) is 5.92 Å². The van der Waals surface area contributed by atoms with E-state index in [2.05, 4.69) is 10.2 Å². The summed E-state index contributed by atoms with van der Waals surface area (Å²) in [6, 6.07) is 0. The fourth-order valence-electron chi connectivity index (χ4n) is 2.89. The predicted octanol–water partition coefficient (Wildman–Crippen LogP) is -0.0467. The summed E-state index contributed by atoms with van der Waals surface area (Å²) < 4.78 is 24.7. The Morgan fingerprint density at radius 3 is 2.50 bits per heavy atom. The van der Waals surface area contributed by atoms with Crippen molar-refractivity contribution >= 4 is 10.0 Å². The molecule has 5 nitrogen and oxygen atoms in total. The highest BCUT2D eigenvalue weighted by atomic mass is 32.2. The van der Waals surface area contributed by atoms with Crippen LogP contribution >= 0.6 is 0 Å². The lowest BCUT2D eigenvalue weighted by atomic mass is 9.97. The van der Waals surface area contributed by atoms with Gasteiger partial charge in [0.2, 0.25) is 10.0 Å². The second-order valence-corrected chi connectivity index (χ2v) is 7.49. The summed E-state index contributed by atoms with van der Waals surface area (Å²) in [6.45, 7) is 6.67. The lowest BCUT2D eigenvalue weighted by molar-refractivity contribution is 0.213. The second kappa shape index (κ2) is 6.32. The van der Waals surface area contributed by atoms with Crippen molar-refractivity contribution in [3.05, 3.63) is 0 Å². The highest BCUT2D eigenvalue weighted by Crippen LogP contribution is 2.15. The van der Waals surface area contributed by atoms with E-state index in [9.17, 15) is 8.42 Å². The van der Waals surface area contributed by atoms with Gasteiger partial charge in [0.05, 0.1) is 6.26 Å². The van der Waals surface area contributed by atoms with Crippen LogP contribution in [0.1, 0.15) is 19.3 Å². The Labute approximate surface area is 111 Å². The molecule has 0 bridgehead atoms. The third-order valence-electron chi connectivity index (χ3n) is 3.99. The number of hydrogen-bond acceptors (Lipinski definition) is 4. The van der Waals surface area contributed by atoms with E-state index in [1.165, 1.54) is 19.1 Å². The Hall–Kier alpha value is -0.170. The molecule has 2 fully saturated rings. The summed E-state index contributed by atoms with van der Waals surface area (Å²) in [5.41, 5.74) is 0. The average molecular weight is 275 g/mol. The monoisotopic (exact) mass is 275 g/mol. The molecule has 0 aromatic rings. The van der Waals surface area contributed by atoms with Crippen molar-refractivity contribution in [2.75, 3.05) is 52.1 Å². The summed E-state index contributed by atoms with van der Waals surface area (Å²) in [5, 5.41) is 3.39. The number of rotatable bonds is 3. The van der Waals surface area contributed by atoms with E-state index in [4.69, 9.17) is 0 Å². The molecule has 0 amide bonds. The largest absolute Gasteiger partial charge is 0.317 e. The Morgan fingerprint density at radius 2 is 1.83 bits per heavy atom. The van der Waals surface area contributed by atoms with Crippen LogP contribution in [0.15, 0.2) is 0 Å². The maximum Gasteiger partial charge on any atom is 0.211 e. The first-order valence-corrected chi connectivity index (χ1v) is 8.79. The smallest absolute Gasteiger partial charge is 0.211 e. The van der Waals surface area contributed by atoms with Crippen molar-refractivity contribution < 1.29 is 8.42 Å². The molecular formula is C12H25N3O2S. The van der Waals surface area contributed by atoms with E-state index >= 15 is 0 Å². The molecule has 18 heavy (non-hydrogen) atoms. The first kappa shape index (κ1) is 14.2. The van der Waals surface area contributed by atoms with Crippen LogP contribution in [0.4, 0.5) is 0 Å². The first-order valence-electron chi connectivity index (χ1n) is 6.94. The molecule has 0 aliphatic carbocycles. The van der Waals surface area contributed by atoms with Crippen LogP contribution in [0.2, 0.25) is 0 Å². The Bertz CT molecular complexity index is 352. The molecule has 2 rings (SSSR count). The zero-order chi connectivity index (χ0) is 13.0. The first-order chi connectivity index (χ1) is 8.55. The quantitative estimate of drug-likeness (QED) is 0.785. The van der Waals surface area contributed by atoms with E-state index in [1.54, 1.807) is 4.31 Å². The molecule has 2 saturated heterocycles. The van der Waals surface area contributed by atoms with Crippen molar-refractivity contribution in [3.63, 3.8) is 0 Å². The van der Waals surface area contributed by atoms with E-state index < -0.39 is 10.0 Å². The molecule has 0 spiro atoms. The highest BCUT2D eigenvalue weighted by molar-refractivity contribution is 7.88. The van der Waals surface area contributed by atoms with Gasteiger partial charge < -0.3 is 10.2 Å². The van der Waals surface area contributed by atoms with E-state index in [-0.39, 0.29) is 0 Å². The molecule has 2 aliphatic heterocycles. The van der Waals surface area contributed by atoms with Crippen molar-refractivity contribution in [1.29, 1.82) is 0 Å². The fourth-order valence-corrected chi connectivity index (χ4v) is 3.76. The average Bonchev–Trinajstić information content (AvgIpc) is 2.55. The minimum atomic E-state index is -3.01. The van der Waals surface area contributed by atoms with Gasteiger partial charge in [-0.05, 0) is 44.8 Å². The van der Waals surface area contributed by atoms with Crippen molar-refractivity contribution in [2.45, 2.75) is 19.3 Å². The van der Waals surface area contributed by atoms with Gasteiger partial charge in [-0.1, -0.05) is 0 Å². The predicted molar refractivity (Wildman–Crippen MR) is 73.1 cm³/mol. The summed E-state index contributed by atoms with van der Waals surface area (Å²) in [5.74, 6) is 0.788. The van der Waals surface area contributed by atoms with E-state index in [0.29, 0.717) is 13.1 Å². The standard InChI is InChI=1S/C12H25N3O2S/c1-18(16,17)15-8-2-7-14(9-10-15)11-12-3-5-13-6-4-12/h12-13H,2-11H2,1H3. The minimum absolute atomic E-state index is 0.657. The van der Waals surface area contributed by atoms with Gasteiger partial charge in [-0.15, -0.1) is 0 Å². The fraction of sp³-hybridized carbons (Fsp3) is 1.00. The summed E-state index contributed by atoms with van der Waals surface area (Å²) >= 11 is 0. The van der Waals surface area contributed by atoms with Gasteiger partial charge in [0, 0.05) is 26.2 Å². The van der Waals surface area contributed by atoms with Crippen molar-refractivity contribution in [3.8, 4) is 0 Å². The topological polar surface area (TPSA) is 52.7 Å². The number of hydrogen-bond donors (Lipinski definition) is 1. The van der Waals surface area contributed by atoms with Gasteiger partial charge in [0.1, 0.15) is 0 Å². The van der Waals surface area contributed by atoms with Gasteiger partial charge in [-0.2, -0.15) is 0 Å². The van der Waals surface area contributed by atoms with Crippen LogP contribution in [0.5, 0.6) is 0 Å². The molecular weight excluding hydrogens is 250 g/mol. The molecule has 0 radical (unpaired) electrons. The molecule has 0 atom stereocenters. The summed E-state index contributed by atoms with van der Waals surface area (Å²) in [6.07, 6.45) is 4.78.